The Balaban J connectivity index is 1.48. The quantitative estimate of drug-likeness (QED) is 0.373. The zero-order chi connectivity index (χ0) is 23.2. The molecule has 170 valence electrons. The lowest BCUT2D eigenvalue weighted by molar-refractivity contribution is 0.102. The third kappa shape index (κ3) is 5.25. The molecule has 0 radical (unpaired) electrons. The van der Waals surface area contributed by atoms with Crippen molar-refractivity contribution < 1.29 is 9.53 Å². The van der Waals surface area contributed by atoms with E-state index < -0.39 is 0 Å². The summed E-state index contributed by atoms with van der Waals surface area (Å²) in [5.41, 5.74) is 1.73. The second kappa shape index (κ2) is 10.4. The summed E-state index contributed by atoms with van der Waals surface area (Å²) >= 11 is 1.50. The van der Waals surface area contributed by atoms with Gasteiger partial charge in [-0.1, -0.05) is 19.1 Å². The molecule has 1 N–H and O–H groups in total. The standard InChI is InChI=1S/C24H25N5O3S/c1-3-13-28-16-25-24-26-18(14-22(30)29(24)28)15-33-21-8-6-5-7-20(21)27-23(31)17-9-11-19(12-10-17)32-4-2/h5-12,14,16H,3-4,13,15H2,1-2H3,(H,27,31). The van der Waals surface area contributed by atoms with Gasteiger partial charge in [0, 0.05) is 28.8 Å². The number of nitrogens with one attached hydrogen (secondary N) is 1. The number of rotatable bonds is 9. The molecule has 1 amide bonds. The molecule has 4 rings (SSSR count). The second-order valence-corrected chi connectivity index (χ2v) is 8.32. The molecule has 0 bridgehead atoms. The van der Waals surface area contributed by atoms with Crippen molar-refractivity contribution in [2.45, 2.75) is 37.5 Å². The number of carbonyl (C=O) groups excluding carboxylic acids is 1. The minimum atomic E-state index is -0.203. The van der Waals surface area contributed by atoms with E-state index in [0.717, 1.165) is 17.1 Å². The molecule has 0 spiro atoms. The summed E-state index contributed by atoms with van der Waals surface area (Å²) in [6.07, 6.45) is 2.53. The first-order chi connectivity index (χ1) is 16.1. The number of fused-ring (bicyclic) bond motifs is 1. The number of nitrogens with zero attached hydrogens (tertiary/aromatic N) is 4. The maximum atomic E-state index is 12.7. The van der Waals surface area contributed by atoms with Crippen LogP contribution >= 0.6 is 11.8 Å². The average Bonchev–Trinajstić information content (AvgIpc) is 3.23. The Morgan fingerprint density at radius 3 is 2.67 bits per heavy atom. The van der Waals surface area contributed by atoms with Crippen LogP contribution in [0.5, 0.6) is 5.75 Å². The van der Waals surface area contributed by atoms with Crippen molar-refractivity contribution in [3.8, 4) is 5.75 Å². The van der Waals surface area contributed by atoms with E-state index in [2.05, 4.69) is 15.3 Å². The second-order valence-electron chi connectivity index (χ2n) is 7.30. The number of anilines is 1. The molecule has 0 saturated carbocycles. The molecule has 2 heterocycles. The number of para-hydroxylation sites is 1. The van der Waals surface area contributed by atoms with Gasteiger partial charge in [-0.25, -0.2) is 4.98 Å². The van der Waals surface area contributed by atoms with E-state index in [1.807, 2.05) is 38.1 Å². The maximum Gasteiger partial charge on any atom is 0.274 e. The Hall–Kier alpha value is -3.59. The summed E-state index contributed by atoms with van der Waals surface area (Å²) in [4.78, 5) is 35.0. The van der Waals surface area contributed by atoms with E-state index in [9.17, 15) is 9.59 Å². The van der Waals surface area contributed by atoms with Gasteiger partial charge in [0.2, 0.25) is 0 Å². The van der Waals surface area contributed by atoms with Crippen LogP contribution in [0.25, 0.3) is 5.78 Å². The molecule has 2 aromatic heterocycles. The summed E-state index contributed by atoms with van der Waals surface area (Å²) < 4.78 is 8.69. The summed E-state index contributed by atoms with van der Waals surface area (Å²) in [7, 11) is 0. The molecule has 0 aliphatic carbocycles. The predicted octanol–water partition coefficient (Wildman–Crippen LogP) is 4.24. The van der Waals surface area contributed by atoms with Crippen molar-refractivity contribution in [2.75, 3.05) is 11.9 Å². The monoisotopic (exact) mass is 463 g/mol. The minimum absolute atomic E-state index is 0.154. The molecule has 2 aromatic carbocycles. The minimum Gasteiger partial charge on any atom is -0.494 e. The highest BCUT2D eigenvalue weighted by atomic mass is 32.2. The van der Waals surface area contributed by atoms with E-state index in [-0.39, 0.29) is 11.5 Å². The van der Waals surface area contributed by atoms with Gasteiger partial charge in [0.15, 0.2) is 0 Å². The maximum absolute atomic E-state index is 12.7. The number of aromatic nitrogens is 4. The number of carbonyl (C=O) groups is 1. The molecule has 0 fully saturated rings. The van der Waals surface area contributed by atoms with Gasteiger partial charge in [-0.05, 0) is 49.7 Å². The van der Waals surface area contributed by atoms with E-state index in [1.165, 1.54) is 22.3 Å². The average molecular weight is 464 g/mol. The van der Waals surface area contributed by atoms with Crippen LogP contribution < -0.4 is 15.6 Å². The molecule has 8 nitrogen and oxygen atoms in total. The number of aryl methyl sites for hydroxylation is 1. The van der Waals surface area contributed by atoms with Crippen molar-refractivity contribution in [3.63, 3.8) is 0 Å². The van der Waals surface area contributed by atoms with E-state index >= 15 is 0 Å². The Bertz CT molecular complexity index is 1310. The summed E-state index contributed by atoms with van der Waals surface area (Å²) in [5, 5.41) is 2.97. The number of ether oxygens (including phenoxy) is 1. The van der Waals surface area contributed by atoms with Crippen LogP contribution in [-0.4, -0.2) is 31.7 Å². The molecule has 9 heteroatoms. The SMILES string of the molecule is CCCn1cnc2nc(CSc3ccccc3NC(=O)c3ccc(OCC)cc3)cc(=O)n21. The highest BCUT2D eigenvalue weighted by molar-refractivity contribution is 7.98. The fraction of sp³-hybridized carbons (Fsp3) is 0.250. The van der Waals surface area contributed by atoms with E-state index in [0.29, 0.717) is 41.6 Å². The van der Waals surface area contributed by atoms with Crippen LogP contribution in [0.4, 0.5) is 5.69 Å². The predicted molar refractivity (Wildman–Crippen MR) is 129 cm³/mol. The lowest BCUT2D eigenvalue weighted by atomic mass is 10.2. The Kier molecular flexibility index (Phi) is 7.09. The summed E-state index contributed by atoms with van der Waals surface area (Å²) in [6.45, 7) is 5.23. The fourth-order valence-electron chi connectivity index (χ4n) is 3.38. The van der Waals surface area contributed by atoms with E-state index in [4.69, 9.17) is 4.74 Å². The third-order valence-corrected chi connectivity index (χ3v) is 5.99. The first-order valence-electron chi connectivity index (χ1n) is 10.8. The van der Waals surface area contributed by atoms with Crippen LogP contribution in [0.15, 0.2) is 70.6 Å². The summed E-state index contributed by atoms with van der Waals surface area (Å²) in [6, 6.07) is 16.1. The van der Waals surface area contributed by atoms with Gasteiger partial charge in [0.05, 0.1) is 18.0 Å². The van der Waals surface area contributed by atoms with Crippen LogP contribution in [0.2, 0.25) is 0 Å². The van der Waals surface area contributed by atoms with Crippen LogP contribution in [-0.2, 0) is 12.3 Å². The molecule has 0 aliphatic heterocycles. The van der Waals surface area contributed by atoms with Crippen molar-refractivity contribution >= 4 is 29.1 Å². The normalized spacial score (nSPS) is 11.0. The number of hydrogen-bond acceptors (Lipinski definition) is 6. The Labute approximate surface area is 195 Å². The number of hydrogen-bond donors (Lipinski definition) is 1. The lowest BCUT2D eigenvalue weighted by Gasteiger charge is -2.11. The Morgan fingerprint density at radius 1 is 1.12 bits per heavy atom. The number of benzene rings is 2. The molecule has 0 unspecified atom stereocenters. The molecular formula is C24H25N5O3S. The highest BCUT2D eigenvalue weighted by Crippen LogP contribution is 2.29. The molecule has 0 atom stereocenters. The van der Waals surface area contributed by atoms with Gasteiger partial charge in [-0.2, -0.15) is 9.50 Å². The van der Waals surface area contributed by atoms with Crippen molar-refractivity contribution in [1.82, 2.24) is 19.2 Å². The van der Waals surface area contributed by atoms with E-state index in [1.54, 1.807) is 35.3 Å². The number of amides is 1. The van der Waals surface area contributed by atoms with Gasteiger partial charge >= 0.3 is 0 Å². The van der Waals surface area contributed by atoms with Crippen LogP contribution in [0.3, 0.4) is 0 Å². The van der Waals surface area contributed by atoms with Crippen LogP contribution in [0, 0.1) is 0 Å². The van der Waals surface area contributed by atoms with Gasteiger partial charge in [0.25, 0.3) is 17.2 Å². The van der Waals surface area contributed by atoms with Crippen LogP contribution in [0.1, 0.15) is 36.3 Å². The smallest absolute Gasteiger partial charge is 0.274 e. The highest BCUT2D eigenvalue weighted by Gasteiger charge is 2.12. The first kappa shape index (κ1) is 22.6. The van der Waals surface area contributed by atoms with Crippen molar-refractivity contribution in [3.05, 3.63) is 82.5 Å². The van der Waals surface area contributed by atoms with Gasteiger partial charge in [-0.3, -0.25) is 14.3 Å². The summed E-state index contributed by atoms with van der Waals surface area (Å²) in [5.74, 6) is 1.39. The zero-order valence-corrected chi connectivity index (χ0v) is 19.3. The zero-order valence-electron chi connectivity index (χ0n) is 18.5. The van der Waals surface area contributed by atoms with Gasteiger partial charge in [0.1, 0.15) is 12.1 Å². The molecular weight excluding hydrogens is 438 g/mol. The van der Waals surface area contributed by atoms with Crippen molar-refractivity contribution in [2.24, 2.45) is 0 Å². The van der Waals surface area contributed by atoms with Crippen molar-refractivity contribution in [1.29, 1.82) is 0 Å². The fourth-order valence-corrected chi connectivity index (χ4v) is 4.28. The first-order valence-corrected chi connectivity index (χ1v) is 11.8. The largest absolute Gasteiger partial charge is 0.494 e. The molecule has 0 saturated heterocycles. The molecule has 0 aliphatic rings. The topological polar surface area (TPSA) is 90.5 Å². The lowest BCUT2D eigenvalue weighted by Crippen LogP contribution is -2.21. The number of thioether (sulfide) groups is 1. The molecule has 33 heavy (non-hydrogen) atoms. The van der Waals surface area contributed by atoms with Gasteiger partial charge in [-0.15, -0.1) is 11.8 Å². The van der Waals surface area contributed by atoms with Gasteiger partial charge < -0.3 is 10.1 Å². The third-order valence-electron chi connectivity index (χ3n) is 4.89. The Morgan fingerprint density at radius 2 is 1.91 bits per heavy atom. The molecule has 4 aromatic rings.